The SMILES string of the molecule is CC(C)c1ccc(OCc2nnc(SCC(=O)Nc3ccccc3F)n2N)cc1. The van der Waals surface area contributed by atoms with E-state index in [9.17, 15) is 9.18 Å². The van der Waals surface area contributed by atoms with E-state index in [1.807, 2.05) is 24.3 Å². The highest BCUT2D eigenvalue weighted by Crippen LogP contribution is 2.20. The number of carbonyl (C=O) groups is 1. The molecule has 0 radical (unpaired) electrons. The van der Waals surface area contributed by atoms with Crippen molar-refractivity contribution < 1.29 is 13.9 Å². The average molecular weight is 415 g/mol. The fraction of sp³-hybridized carbons (Fsp3) is 0.250. The molecular weight excluding hydrogens is 393 g/mol. The van der Waals surface area contributed by atoms with Gasteiger partial charge in [-0.3, -0.25) is 4.79 Å². The van der Waals surface area contributed by atoms with E-state index in [-0.39, 0.29) is 24.0 Å². The maximum Gasteiger partial charge on any atom is 0.234 e. The second-order valence-electron chi connectivity index (χ2n) is 6.60. The first-order chi connectivity index (χ1) is 13.9. The van der Waals surface area contributed by atoms with Crippen LogP contribution in [0.3, 0.4) is 0 Å². The van der Waals surface area contributed by atoms with Gasteiger partial charge in [0.25, 0.3) is 0 Å². The van der Waals surface area contributed by atoms with E-state index < -0.39 is 5.82 Å². The van der Waals surface area contributed by atoms with Gasteiger partial charge in [-0.05, 0) is 35.7 Å². The Morgan fingerprint density at radius 2 is 1.93 bits per heavy atom. The minimum Gasteiger partial charge on any atom is -0.486 e. The van der Waals surface area contributed by atoms with E-state index >= 15 is 0 Å². The van der Waals surface area contributed by atoms with Gasteiger partial charge in [0.05, 0.1) is 11.4 Å². The fourth-order valence-electron chi connectivity index (χ4n) is 2.48. The molecule has 0 spiro atoms. The summed E-state index contributed by atoms with van der Waals surface area (Å²) in [6.45, 7) is 4.40. The molecule has 0 aliphatic heterocycles. The minimum absolute atomic E-state index is 0.0151. The molecule has 0 bridgehead atoms. The number of nitrogen functional groups attached to an aromatic ring is 1. The maximum atomic E-state index is 13.6. The summed E-state index contributed by atoms with van der Waals surface area (Å²) in [6.07, 6.45) is 0. The number of aromatic nitrogens is 3. The number of hydrogen-bond donors (Lipinski definition) is 2. The molecule has 0 saturated heterocycles. The molecule has 1 heterocycles. The van der Waals surface area contributed by atoms with Crippen LogP contribution in [-0.4, -0.2) is 26.5 Å². The summed E-state index contributed by atoms with van der Waals surface area (Å²) in [6, 6.07) is 13.8. The summed E-state index contributed by atoms with van der Waals surface area (Å²) < 4.78 is 20.6. The Balaban J connectivity index is 1.52. The third-order valence-corrected chi connectivity index (χ3v) is 5.07. The molecule has 152 valence electrons. The molecule has 9 heteroatoms. The van der Waals surface area contributed by atoms with Crippen LogP contribution in [0.1, 0.15) is 31.2 Å². The number of carbonyl (C=O) groups excluding carboxylic acids is 1. The van der Waals surface area contributed by atoms with Crippen molar-refractivity contribution in [2.75, 3.05) is 16.9 Å². The number of thioether (sulfide) groups is 1. The topological polar surface area (TPSA) is 95.1 Å². The lowest BCUT2D eigenvalue weighted by molar-refractivity contribution is -0.113. The van der Waals surface area contributed by atoms with E-state index in [1.165, 1.54) is 22.4 Å². The van der Waals surface area contributed by atoms with Crippen molar-refractivity contribution in [1.29, 1.82) is 0 Å². The lowest BCUT2D eigenvalue weighted by Crippen LogP contribution is -2.18. The number of rotatable bonds is 8. The van der Waals surface area contributed by atoms with Gasteiger partial charge in [0.2, 0.25) is 11.1 Å². The smallest absolute Gasteiger partial charge is 0.234 e. The number of amides is 1. The molecule has 1 amide bonds. The average Bonchev–Trinajstić information content (AvgIpc) is 3.06. The zero-order chi connectivity index (χ0) is 20.8. The number of para-hydroxylation sites is 1. The van der Waals surface area contributed by atoms with Gasteiger partial charge in [-0.2, -0.15) is 0 Å². The van der Waals surface area contributed by atoms with E-state index in [2.05, 4.69) is 29.4 Å². The number of nitrogens with two attached hydrogens (primary N) is 1. The van der Waals surface area contributed by atoms with Crippen LogP contribution in [0.5, 0.6) is 5.75 Å². The van der Waals surface area contributed by atoms with Crippen molar-refractivity contribution in [1.82, 2.24) is 14.9 Å². The van der Waals surface area contributed by atoms with E-state index in [0.717, 1.165) is 11.8 Å². The second kappa shape index (κ2) is 9.42. The number of halogens is 1. The van der Waals surface area contributed by atoms with Crippen LogP contribution >= 0.6 is 11.8 Å². The lowest BCUT2D eigenvalue weighted by atomic mass is 10.0. The van der Waals surface area contributed by atoms with Crippen LogP contribution in [0.2, 0.25) is 0 Å². The van der Waals surface area contributed by atoms with Crippen LogP contribution in [0, 0.1) is 5.82 Å². The predicted octanol–water partition coefficient (Wildman–Crippen LogP) is 3.56. The van der Waals surface area contributed by atoms with Crippen LogP contribution in [0.4, 0.5) is 10.1 Å². The molecule has 0 saturated carbocycles. The molecule has 2 aromatic carbocycles. The lowest BCUT2D eigenvalue weighted by Gasteiger charge is -2.09. The number of anilines is 1. The Morgan fingerprint density at radius 1 is 1.21 bits per heavy atom. The Labute approximate surface area is 172 Å². The monoisotopic (exact) mass is 415 g/mol. The van der Waals surface area contributed by atoms with Gasteiger partial charge in [0.1, 0.15) is 18.2 Å². The van der Waals surface area contributed by atoms with Crippen LogP contribution in [0.15, 0.2) is 53.7 Å². The largest absolute Gasteiger partial charge is 0.486 e. The Hall–Kier alpha value is -3.07. The summed E-state index contributed by atoms with van der Waals surface area (Å²) in [5.41, 5.74) is 1.36. The predicted molar refractivity (Wildman–Crippen MR) is 111 cm³/mol. The summed E-state index contributed by atoms with van der Waals surface area (Å²) in [5.74, 6) is 6.73. The Bertz CT molecular complexity index is 975. The molecule has 3 aromatic rings. The summed E-state index contributed by atoms with van der Waals surface area (Å²) in [5, 5.41) is 10.9. The molecule has 0 fully saturated rings. The first-order valence-corrected chi connectivity index (χ1v) is 10.0. The van der Waals surface area contributed by atoms with Crippen molar-refractivity contribution in [3.8, 4) is 5.75 Å². The fourth-order valence-corrected chi connectivity index (χ4v) is 3.16. The minimum atomic E-state index is -0.492. The summed E-state index contributed by atoms with van der Waals surface area (Å²) in [7, 11) is 0. The van der Waals surface area contributed by atoms with Gasteiger partial charge < -0.3 is 15.9 Å². The van der Waals surface area contributed by atoms with Crippen LogP contribution < -0.4 is 15.9 Å². The normalized spacial score (nSPS) is 10.9. The van der Waals surface area contributed by atoms with Gasteiger partial charge in [-0.15, -0.1) is 10.2 Å². The summed E-state index contributed by atoms with van der Waals surface area (Å²) in [4.78, 5) is 12.0. The van der Waals surface area contributed by atoms with Crippen LogP contribution in [0.25, 0.3) is 0 Å². The van der Waals surface area contributed by atoms with Gasteiger partial charge in [0.15, 0.2) is 5.82 Å². The third kappa shape index (κ3) is 5.47. The molecule has 1 aromatic heterocycles. The van der Waals surface area contributed by atoms with E-state index in [0.29, 0.717) is 22.6 Å². The first-order valence-electron chi connectivity index (χ1n) is 9.03. The Kier molecular flexibility index (Phi) is 6.71. The second-order valence-corrected chi connectivity index (χ2v) is 7.54. The van der Waals surface area contributed by atoms with Gasteiger partial charge in [0, 0.05) is 0 Å². The van der Waals surface area contributed by atoms with Crippen molar-refractivity contribution in [3.63, 3.8) is 0 Å². The number of nitrogens with one attached hydrogen (secondary N) is 1. The maximum absolute atomic E-state index is 13.6. The molecule has 0 unspecified atom stereocenters. The highest BCUT2D eigenvalue weighted by atomic mass is 32.2. The first kappa shape index (κ1) is 20.7. The quantitative estimate of drug-likeness (QED) is 0.431. The third-order valence-electron chi connectivity index (χ3n) is 4.13. The van der Waals surface area contributed by atoms with Crippen LogP contribution in [-0.2, 0) is 11.4 Å². The van der Waals surface area contributed by atoms with Gasteiger partial charge in [-0.25, -0.2) is 9.07 Å². The molecule has 29 heavy (non-hydrogen) atoms. The molecular formula is C20H22FN5O2S. The Morgan fingerprint density at radius 3 is 2.62 bits per heavy atom. The zero-order valence-corrected chi connectivity index (χ0v) is 16.9. The zero-order valence-electron chi connectivity index (χ0n) is 16.1. The number of nitrogens with zero attached hydrogens (tertiary/aromatic N) is 3. The molecule has 0 atom stereocenters. The standard InChI is InChI=1S/C20H22FN5O2S/c1-13(2)14-7-9-15(10-8-14)28-11-18-24-25-20(26(18)22)29-12-19(27)23-17-6-4-3-5-16(17)21/h3-10,13H,11-12,22H2,1-2H3,(H,23,27). The highest BCUT2D eigenvalue weighted by molar-refractivity contribution is 7.99. The van der Waals surface area contributed by atoms with E-state index in [1.54, 1.807) is 12.1 Å². The number of ether oxygens (including phenoxy) is 1. The summed E-state index contributed by atoms with van der Waals surface area (Å²) >= 11 is 1.10. The van der Waals surface area contributed by atoms with Crippen molar-refractivity contribution in [3.05, 3.63) is 65.7 Å². The van der Waals surface area contributed by atoms with Crippen molar-refractivity contribution in [2.24, 2.45) is 0 Å². The van der Waals surface area contributed by atoms with Crippen molar-refractivity contribution in [2.45, 2.75) is 31.5 Å². The number of hydrogen-bond acceptors (Lipinski definition) is 6. The molecule has 0 aliphatic carbocycles. The van der Waals surface area contributed by atoms with Gasteiger partial charge >= 0.3 is 0 Å². The highest BCUT2D eigenvalue weighted by Gasteiger charge is 2.14. The van der Waals surface area contributed by atoms with Gasteiger partial charge in [-0.1, -0.05) is 49.9 Å². The molecule has 3 N–H and O–H groups in total. The number of benzene rings is 2. The van der Waals surface area contributed by atoms with Crippen molar-refractivity contribution >= 4 is 23.4 Å². The molecule has 0 aliphatic rings. The molecule has 7 nitrogen and oxygen atoms in total. The van der Waals surface area contributed by atoms with E-state index in [4.69, 9.17) is 10.6 Å². The molecule has 3 rings (SSSR count).